The number of aliphatic carboxylic acids is 1. The van der Waals surface area contributed by atoms with Crippen molar-refractivity contribution in [3.63, 3.8) is 0 Å². The van der Waals surface area contributed by atoms with Gasteiger partial charge in [-0.3, -0.25) is 0 Å². The Morgan fingerprint density at radius 2 is 2.17 bits per heavy atom. The van der Waals surface area contributed by atoms with E-state index in [2.05, 4.69) is 4.90 Å². The minimum Gasteiger partial charge on any atom is -0.477 e. The van der Waals surface area contributed by atoms with Crippen LogP contribution in [0.25, 0.3) is 0 Å². The van der Waals surface area contributed by atoms with E-state index >= 15 is 0 Å². The van der Waals surface area contributed by atoms with Crippen LogP contribution in [0.1, 0.15) is 5.56 Å². The van der Waals surface area contributed by atoms with Gasteiger partial charge in [0.05, 0.1) is 0 Å². The number of hydrogen-bond donors (Lipinski definition) is 1. The molecule has 0 fully saturated rings. The van der Waals surface area contributed by atoms with Crippen LogP contribution in [0.5, 0.6) is 0 Å². The molecule has 1 aromatic rings. The second-order valence-corrected chi connectivity index (χ2v) is 2.50. The average Bonchev–Trinajstić information content (AvgIpc) is 2.47. The summed E-state index contributed by atoms with van der Waals surface area (Å²) in [4.78, 5) is 14.4. The standard InChI is InChI=1S/C8H5BNO2/c11-8(12)7-5-3-1-2-4-6(5)9-10-7/h1-4H,(H,11,12). The molecule has 0 unspecified atom stereocenters. The van der Waals surface area contributed by atoms with Crippen LogP contribution < -0.4 is 5.46 Å². The first kappa shape index (κ1) is 7.09. The molecule has 57 valence electrons. The van der Waals surface area contributed by atoms with Crippen molar-refractivity contribution in [3.05, 3.63) is 29.8 Å². The fourth-order valence-electron chi connectivity index (χ4n) is 1.20. The molecule has 2 rings (SSSR count). The first-order valence-electron chi connectivity index (χ1n) is 3.53. The van der Waals surface area contributed by atoms with E-state index in [1.54, 1.807) is 19.5 Å². The number of rotatable bonds is 1. The fraction of sp³-hybridized carbons (Fsp3) is 0. The number of carboxylic acids is 1. The summed E-state index contributed by atoms with van der Waals surface area (Å²) in [6.07, 6.45) is 0. The molecule has 0 saturated carbocycles. The van der Waals surface area contributed by atoms with Gasteiger partial charge in [-0.1, -0.05) is 24.3 Å². The Morgan fingerprint density at radius 1 is 1.42 bits per heavy atom. The molecule has 1 radical (unpaired) electrons. The molecule has 1 heterocycles. The summed E-state index contributed by atoms with van der Waals surface area (Å²) in [5.74, 6) is -0.976. The Kier molecular flexibility index (Phi) is 1.47. The van der Waals surface area contributed by atoms with Crippen molar-refractivity contribution < 1.29 is 9.90 Å². The highest BCUT2D eigenvalue weighted by atomic mass is 16.4. The third-order valence-corrected chi connectivity index (χ3v) is 1.75. The van der Waals surface area contributed by atoms with Crippen molar-refractivity contribution in [1.29, 1.82) is 0 Å². The molecule has 0 atom stereocenters. The van der Waals surface area contributed by atoms with Gasteiger partial charge in [0.1, 0.15) is 5.71 Å². The van der Waals surface area contributed by atoms with Gasteiger partial charge in [0, 0.05) is 5.56 Å². The second kappa shape index (κ2) is 2.48. The summed E-state index contributed by atoms with van der Waals surface area (Å²) in [5, 5.41) is 8.71. The molecule has 1 N–H and O–H groups in total. The Bertz CT molecular complexity index is 373. The van der Waals surface area contributed by atoms with Crippen LogP contribution in [-0.2, 0) is 4.79 Å². The van der Waals surface area contributed by atoms with E-state index in [0.29, 0.717) is 5.56 Å². The number of benzene rings is 1. The van der Waals surface area contributed by atoms with Crippen LogP contribution in [0, 0.1) is 0 Å². The van der Waals surface area contributed by atoms with Crippen LogP contribution in [0.3, 0.4) is 0 Å². The zero-order valence-corrected chi connectivity index (χ0v) is 6.19. The molecule has 12 heavy (non-hydrogen) atoms. The summed E-state index contributed by atoms with van der Waals surface area (Å²) in [7, 11) is 1.57. The van der Waals surface area contributed by atoms with Crippen molar-refractivity contribution in [2.45, 2.75) is 0 Å². The molecule has 1 aromatic carbocycles. The monoisotopic (exact) mass is 158 g/mol. The number of carboxylic acid groups (broad SMARTS) is 1. The summed E-state index contributed by atoms with van der Waals surface area (Å²) in [6, 6.07) is 7.26. The van der Waals surface area contributed by atoms with E-state index in [-0.39, 0.29) is 5.71 Å². The minimum absolute atomic E-state index is 0.130. The van der Waals surface area contributed by atoms with Gasteiger partial charge in [0.15, 0.2) is 0 Å². The highest BCUT2D eigenvalue weighted by molar-refractivity contribution is 6.66. The quantitative estimate of drug-likeness (QED) is 0.576. The summed E-state index contributed by atoms with van der Waals surface area (Å²) < 4.78 is 0. The Morgan fingerprint density at radius 3 is 2.92 bits per heavy atom. The Balaban J connectivity index is 2.52. The fourth-order valence-corrected chi connectivity index (χ4v) is 1.20. The van der Waals surface area contributed by atoms with Crippen molar-refractivity contribution in [2.75, 3.05) is 0 Å². The molecule has 0 aliphatic carbocycles. The van der Waals surface area contributed by atoms with Gasteiger partial charge in [0.25, 0.3) is 0 Å². The lowest BCUT2D eigenvalue weighted by Crippen LogP contribution is -2.17. The number of nitrogens with zero attached hydrogens (tertiary/aromatic N) is 1. The van der Waals surface area contributed by atoms with Crippen molar-refractivity contribution in [3.8, 4) is 0 Å². The first-order chi connectivity index (χ1) is 5.79. The van der Waals surface area contributed by atoms with Crippen LogP contribution in [0.15, 0.2) is 29.2 Å². The van der Waals surface area contributed by atoms with Gasteiger partial charge in [-0.2, -0.15) is 0 Å². The normalized spacial score (nSPS) is 13.2. The molecule has 0 amide bonds. The molecule has 3 nitrogen and oxygen atoms in total. The van der Waals surface area contributed by atoms with E-state index < -0.39 is 5.97 Å². The van der Waals surface area contributed by atoms with Crippen LogP contribution in [-0.4, -0.2) is 24.2 Å². The van der Waals surface area contributed by atoms with Gasteiger partial charge in [0.2, 0.25) is 0 Å². The lowest BCUT2D eigenvalue weighted by atomic mass is 9.84. The highest BCUT2D eigenvalue weighted by Crippen LogP contribution is 2.04. The zero-order chi connectivity index (χ0) is 8.55. The minimum atomic E-state index is -0.976. The van der Waals surface area contributed by atoms with Gasteiger partial charge < -0.3 is 10.0 Å². The van der Waals surface area contributed by atoms with Gasteiger partial charge in [-0.15, -0.1) is 0 Å². The van der Waals surface area contributed by atoms with Crippen LogP contribution in [0.4, 0.5) is 0 Å². The van der Waals surface area contributed by atoms with E-state index in [1.807, 2.05) is 12.1 Å². The molecule has 1 aliphatic rings. The average molecular weight is 158 g/mol. The van der Waals surface area contributed by atoms with E-state index in [9.17, 15) is 4.79 Å². The largest absolute Gasteiger partial charge is 0.477 e. The molecular formula is C8H5BNO2. The molecule has 0 aromatic heterocycles. The number of carbonyl (C=O) groups is 1. The smallest absolute Gasteiger partial charge is 0.353 e. The number of fused-ring (bicyclic) bond motifs is 1. The summed E-state index contributed by atoms with van der Waals surface area (Å²) in [6.45, 7) is 0. The van der Waals surface area contributed by atoms with Crippen molar-refractivity contribution in [1.82, 2.24) is 0 Å². The highest BCUT2D eigenvalue weighted by Gasteiger charge is 2.21. The van der Waals surface area contributed by atoms with Gasteiger partial charge in [-0.25, -0.2) is 4.79 Å². The second-order valence-electron chi connectivity index (χ2n) is 2.50. The van der Waals surface area contributed by atoms with E-state index in [0.717, 1.165) is 5.46 Å². The summed E-state index contributed by atoms with van der Waals surface area (Å²) >= 11 is 0. The lowest BCUT2D eigenvalue weighted by Gasteiger charge is -1.97. The third kappa shape index (κ3) is 0.924. The first-order valence-corrected chi connectivity index (χ1v) is 3.53. The molecule has 1 aliphatic heterocycles. The molecule has 0 bridgehead atoms. The van der Waals surface area contributed by atoms with Gasteiger partial charge in [-0.05, 0) is 5.46 Å². The van der Waals surface area contributed by atoms with Crippen LogP contribution in [0.2, 0.25) is 0 Å². The van der Waals surface area contributed by atoms with Crippen molar-refractivity contribution >= 4 is 24.6 Å². The Hall–Kier alpha value is -1.58. The van der Waals surface area contributed by atoms with E-state index in [4.69, 9.17) is 5.11 Å². The lowest BCUT2D eigenvalue weighted by molar-refractivity contribution is -0.129. The maximum absolute atomic E-state index is 10.6. The third-order valence-electron chi connectivity index (χ3n) is 1.75. The van der Waals surface area contributed by atoms with E-state index in [1.165, 1.54) is 0 Å². The SMILES string of the molecule is O=C(O)C1=N[B]c2ccccc21. The molecule has 0 spiro atoms. The maximum atomic E-state index is 10.6. The molecule has 4 heteroatoms. The Labute approximate surface area is 70.0 Å². The van der Waals surface area contributed by atoms with Crippen molar-refractivity contribution in [2.24, 2.45) is 4.90 Å². The number of hydrogen-bond acceptors (Lipinski definition) is 2. The molecular weight excluding hydrogens is 153 g/mol. The maximum Gasteiger partial charge on any atom is 0.353 e. The predicted molar refractivity (Wildman–Crippen MR) is 46.0 cm³/mol. The summed E-state index contributed by atoms with van der Waals surface area (Å²) in [5.41, 5.74) is 1.70. The zero-order valence-electron chi connectivity index (χ0n) is 6.19. The molecule has 0 saturated heterocycles. The predicted octanol–water partition coefficient (Wildman–Crippen LogP) is -0.182. The van der Waals surface area contributed by atoms with Gasteiger partial charge >= 0.3 is 13.4 Å². The topological polar surface area (TPSA) is 49.7 Å². The van der Waals surface area contributed by atoms with Crippen LogP contribution >= 0.6 is 0 Å².